The average Bonchev–Trinajstić information content (AvgIpc) is 3.10. The summed E-state index contributed by atoms with van der Waals surface area (Å²) in [6, 6.07) is 15.0. The van der Waals surface area contributed by atoms with Crippen molar-refractivity contribution < 1.29 is 14.3 Å². The van der Waals surface area contributed by atoms with Crippen molar-refractivity contribution in [2.45, 2.75) is 0 Å². The van der Waals surface area contributed by atoms with Crippen LogP contribution in [0.5, 0.6) is 11.5 Å². The molecule has 5 nitrogen and oxygen atoms in total. The third kappa shape index (κ3) is 2.96. The molecule has 2 aromatic carbocycles. The number of nitrogens with one attached hydrogen (secondary N) is 1. The summed E-state index contributed by atoms with van der Waals surface area (Å²) in [6.45, 7) is 1.02. The Morgan fingerprint density at radius 1 is 1.04 bits per heavy atom. The van der Waals surface area contributed by atoms with E-state index in [4.69, 9.17) is 9.47 Å². The number of thiazole rings is 1. The molecular formula is C18H14N2O3S. The number of benzene rings is 2. The molecule has 1 aliphatic rings. The Hall–Kier alpha value is -2.86. The summed E-state index contributed by atoms with van der Waals surface area (Å²) in [5, 5.41) is 5.32. The van der Waals surface area contributed by atoms with E-state index in [9.17, 15) is 4.79 Å². The molecule has 0 atom stereocenters. The van der Waals surface area contributed by atoms with Gasteiger partial charge >= 0.3 is 0 Å². The van der Waals surface area contributed by atoms with Gasteiger partial charge in [0.05, 0.1) is 5.69 Å². The molecule has 2 heterocycles. The van der Waals surface area contributed by atoms with Gasteiger partial charge in [-0.05, 0) is 18.2 Å². The largest absolute Gasteiger partial charge is 0.486 e. The lowest BCUT2D eigenvalue weighted by atomic mass is 10.2. The summed E-state index contributed by atoms with van der Waals surface area (Å²) < 4.78 is 11.0. The second-order valence-corrected chi connectivity index (χ2v) is 6.07. The quantitative estimate of drug-likeness (QED) is 0.788. The summed E-state index contributed by atoms with van der Waals surface area (Å²) >= 11 is 1.40. The van der Waals surface area contributed by atoms with Crippen molar-refractivity contribution in [1.82, 2.24) is 4.98 Å². The predicted octanol–water partition coefficient (Wildman–Crippen LogP) is 3.83. The molecule has 0 saturated heterocycles. The normalized spacial score (nSPS) is 12.7. The molecule has 0 fully saturated rings. The number of rotatable bonds is 3. The highest BCUT2D eigenvalue weighted by Crippen LogP contribution is 2.31. The summed E-state index contributed by atoms with van der Waals surface area (Å²) in [7, 11) is 0. The van der Waals surface area contributed by atoms with Crippen LogP contribution < -0.4 is 14.8 Å². The maximum atomic E-state index is 12.4. The van der Waals surface area contributed by atoms with E-state index in [0.29, 0.717) is 35.4 Å². The van der Waals surface area contributed by atoms with Gasteiger partial charge in [0.1, 0.15) is 13.2 Å². The van der Waals surface area contributed by atoms with Crippen LogP contribution in [0.3, 0.4) is 0 Å². The molecule has 1 aliphatic heterocycles. The molecule has 0 unspecified atom stereocenters. The smallest absolute Gasteiger partial charge is 0.257 e. The van der Waals surface area contributed by atoms with Crippen molar-refractivity contribution in [2.75, 3.05) is 18.5 Å². The fraction of sp³-hybridized carbons (Fsp3) is 0.111. The van der Waals surface area contributed by atoms with Gasteiger partial charge in [-0.25, -0.2) is 4.98 Å². The molecule has 4 rings (SSSR count). The maximum Gasteiger partial charge on any atom is 0.257 e. The van der Waals surface area contributed by atoms with Crippen LogP contribution in [-0.2, 0) is 0 Å². The van der Waals surface area contributed by atoms with E-state index >= 15 is 0 Å². The Kier molecular flexibility index (Phi) is 3.88. The molecule has 6 heteroatoms. The first-order valence-corrected chi connectivity index (χ1v) is 8.39. The van der Waals surface area contributed by atoms with Crippen LogP contribution in [-0.4, -0.2) is 24.1 Å². The van der Waals surface area contributed by atoms with Crippen molar-refractivity contribution >= 4 is 22.4 Å². The minimum Gasteiger partial charge on any atom is -0.486 e. The third-order valence-corrected chi connectivity index (χ3v) is 4.36. The predicted molar refractivity (Wildman–Crippen MR) is 92.9 cm³/mol. The van der Waals surface area contributed by atoms with Crippen LogP contribution in [0.2, 0.25) is 0 Å². The summed E-state index contributed by atoms with van der Waals surface area (Å²) in [4.78, 5) is 16.9. The Morgan fingerprint density at radius 3 is 2.67 bits per heavy atom. The highest BCUT2D eigenvalue weighted by Gasteiger charge is 2.16. The van der Waals surface area contributed by atoms with Crippen LogP contribution >= 0.6 is 11.3 Å². The molecule has 0 spiro atoms. The lowest BCUT2D eigenvalue weighted by Gasteiger charge is -2.18. The van der Waals surface area contributed by atoms with Gasteiger partial charge in [0.15, 0.2) is 16.6 Å². The van der Waals surface area contributed by atoms with E-state index in [1.54, 1.807) is 18.2 Å². The van der Waals surface area contributed by atoms with Crippen LogP contribution in [0.4, 0.5) is 5.13 Å². The number of hydrogen-bond acceptors (Lipinski definition) is 5. The standard InChI is InChI=1S/C18H14N2O3S/c21-17(13-6-7-15-16(10-13)23-9-8-22-15)20-18-19-14(11-24-18)12-4-2-1-3-5-12/h1-7,10-11H,8-9H2,(H,19,20,21). The topological polar surface area (TPSA) is 60.5 Å². The Bertz CT molecular complexity index is 877. The number of fused-ring (bicyclic) bond motifs is 1. The number of carbonyl (C=O) groups excluding carboxylic acids is 1. The molecule has 3 aromatic rings. The minimum atomic E-state index is -0.221. The molecule has 1 amide bonds. The second kappa shape index (κ2) is 6.33. The molecular weight excluding hydrogens is 324 g/mol. The van der Waals surface area contributed by atoms with E-state index in [0.717, 1.165) is 11.3 Å². The molecule has 0 bridgehead atoms. The van der Waals surface area contributed by atoms with E-state index in [-0.39, 0.29) is 5.91 Å². The van der Waals surface area contributed by atoms with E-state index < -0.39 is 0 Å². The van der Waals surface area contributed by atoms with Gasteiger partial charge in [-0.3, -0.25) is 10.1 Å². The zero-order valence-electron chi connectivity index (χ0n) is 12.7. The molecule has 1 N–H and O–H groups in total. The second-order valence-electron chi connectivity index (χ2n) is 5.22. The SMILES string of the molecule is O=C(Nc1nc(-c2ccccc2)cs1)c1ccc2c(c1)OCCO2. The van der Waals surface area contributed by atoms with Crippen molar-refractivity contribution in [2.24, 2.45) is 0 Å². The van der Waals surface area contributed by atoms with Crippen molar-refractivity contribution in [3.05, 3.63) is 59.5 Å². The van der Waals surface area contributed by atoms with Crippen LogP contribution in [0.25, 0.3) is 11.3 Å². The molecule has 0 aliphatic carbocycles. The van der Waals surface area contributed by atoms with Crippen LogP contribution in [0.15, 0.2) is 53.9 Å². The number of carbonyl (C=O) groups is 1. The van der Waals surface area contributed by atoms with E-state index in [1.165, 1.54) is 11.3 Å². The Morgan fingerprint density at radius 2 is 1.83 bits per heavy atom. The van der Waals surface area contributed by atoms with E-state index in [2.05, 4.69) is 10.3 Å². The Balaban J connectivity index is 1.51. The van der Waals surface area contributed by atoms with Gasteiger partial charge in [0, 0.05) is 16.5 Å². The zero-order valence-corrected chi connectivity index (χ0v) is 13.5. The van der Waals surface area contributed by atoms with Gasteiger partial charge < -0.3 is 9.47 Å². The first kappa shape index (κ1) is 14.7. The molecule has 24 heavy (non-hydrogen) atoms. The van der Waals surface area contributed by atoms with Crippen LogP contribution in [0.1, 0.15) is 10.4 Å². The lowest BCUT2D eigenvalue weighted by Crippen LogP contribution is -2.17. The number of hydrogen-bond donors (Lipinski definition) is 1. The summed E-state index contributed by atoms with van der Waals surface area (Å²) in [5.74, 6) is 1.04. The van der Waals surface area contributed by atoms with Gasteiger partial charge in [0.25, 0.3) is 5.91 Å². The third-order valence-electron chi connectivity index (χ3n) is 3.60. The van der Waals surface area contributed by atoms with E-state index in [1.807, 2.05) is 35.7 Å². The molecule has 120 valence electrons. The first-order valence-electron chi connectivity index (χ1n) is 7.51. The molecule has 0 saturated carbocycles. The molecule has 1 aromatic heterocycles. The highest BCUT2D eigenvalue weighted by atomic mass is 32.1. The van der Waals surface area contributed by atoms with Crippen molar-refractivity contribution in [3.8, 4) is 22.8 Å². The monoisotopic (exact) mass is 338 g/mol. The van der Waals surface area contributed by atoms with Gasteiger partial charge in [-0.15, -0.1) is 11.3 Å². The van der Waals surface area contributed by atoms with Gasteiger partial charge in [0.2, 0.25) is 0 Å². The number of amides is 1. The molecule has 0 radical (unpaired) electrons. The first-order chi connectivity index (χ1) is 11.8. The van der Waals surface area contributed by atoms with Gasteiger partial charge in [-0.2, -0.15) is 0 Å². The van der Waals surface area contributed by atoms with Gasteiger partial charge in [-0.1, -0.05) is 30.3 Å². The van der Waals surface area contributed by atoms with Crippen molar-refractivity contribution in [1.29, 1.82) is 0 Å². The number of nitrogens with zero attached hydrogens (tertiary/aromatic N) is 1. The number of anilines is 1. The minimum absolute atomic E-state index is 0.221. The summed E-state index contributed by atoms with van der Waals surface area (Å²) in [5.41, 5.74) is 2.38. The lowest BCUT2D eigenvalue weighted by molar-refractivity contribution is 0.102. The zero-order chi connectivity index (χ0) is 16.4. The number of aromatic nitrogens is 1. The number of ether oxygens (including phenoxy) is 2. The maximum absolute atomic E-state index is 12.4. The fourth-order valence-corrected chi connectivity index (χ4v) is 3.14. The summed E-state index contributed by atoms with van der Waals surface area (Å²) in [6.07, 6.45) is 0. The van der Waals surface area contributed by atoms with Crippen LogP contribution in [0, 0.1) is 0 Å². The fourth-order valence-electron chi connectivity index (χ4n) is 2.43. The van der Waals surface area contributed by atoms with Crippen molar-refractivity contribution in [3.63, 3.8) is 0 Å². The Labute approximate surface area is 142 Å². The average molecular weight is 338 g/mol. The highest BCUT2D eigenvalue weighted by molar-refractivity contribution is 7.14.